The predicted octanol–water partition coefficient (Wildman–Crippen LogP) is 3.63. The third kappa shape index (κ3) is 5.38. The SMILES string of the molecule is Cc1nc2nc(C)c(C[C@@H]3CCN(c4cnc(-c5ccc(CN6CCN(C)CC6)cc5C)nc4)C3)c(C)n2n1. The van der Waals surface area contributed by atoms with Crippen molar-refractivity contribution >= 4 is 11.5 Å². The fourth-order valence-corrected chi connectivity index (χ4v) is 6.09. The van der Waals surface area contributed by atoms with Gasteiger partial charge in [-0.05, 0) is 70.2 Å². The van der Waals surface area contributed by atoms with E-state index in [1.807, 2.05) is 23.8 Å². The molecule has 0 bridgehead atoms. The lowest BCUT2D eigenvalue weighted by molar-refractivity contribution is 0.148. The summed E-state index contributed by atoms with van der Waals surface area (Å²) in [7, 11) is 2.20. The van der Waals surface area contributed by atoms with Crippen LogP contribution in [0.15, 0.2) is 30.6 Å². The van der Waals surface area contributed by atoms with Crippen LogP contribution >= 0.6 is 0 Å². The van der Waals surface area contributed by atoms with E-state index in [1.54, 1.807) is 0 Å². The van der Waals surface area contributed by atoms with Gasteiger partial charge in [-0.3, -0.25) is 4.90 Å². The van der Waals surface area contributed by atoms with Crippen LogP contribution in [-0.4, -0.2) is 85.7 Å². The molecule has 3 aromatic heterocycles. The lowest BCUT2D eigenvalue weighted by Gasteiger charge is -2.32. The Balaban J connectivity index is 1.10. The highest BCUT2D eigenvalue weighted by atomic mass is 15.3. The van der Waals surface area contributed by atoms with Gasteiger partial charge in [-0.1, -0.05) is 18.2 Å². The molecule has 39 heavy (non-hydrogen) atoms. The van der Waals surface area contributed by atoms with Crippen LogP contribution < -0.4 is 4.90 Å². The van der Waals surface area contributed by atoms with E-state index in [-0.39, 0.29) is 0 Å². The van der Waals surface area contributed by atoms with Gasteiger partial charge in [-0.15, -0.1) is 0 Å². The Bertz CT molecular complexity index is 1470. The smallest absolute Gasteiger partial charge is 0.252 e. The van der Waals surface area contributed by atoms with Gasteiger partial charge in [0.1, 0.15) is 5.82 Å². The molecule has 2 saturated heterocycles. The molecule has 0 unspecified atom stereocenters. The van der Waals surface area contributed by atoms with Gasteiger partial charge >= 0.3 is 0 Å². The van der Waals surface area contributed by atoms with E-state index in [0.29, 0.717) is 11.7 Å². The average molecular weight is 526 g/mol. The fraction of sp³-hybridized carbons (Fsp3) is 0.500. The molecule has 5 heterocycles. The Labute approximate surface area is 230 Å². The third-order valence-corrected chi connectivity index (χ3v) is 8.47. The van der Waals surface area contributed by atoms with Crippen molar-refractivity contribution in [1.29, 1.82) is 0 Å². The summed E-state index contributed by atoms with van der Waals surface area (Å²) in [6.45, 7) is 15.9. The van der Waals surface area contributed by atoms with Crippen LogP contribution in [0.3, 0.4) is 0 Å². The maximum absolute atomic E-state index is 4.78. The van der Waals surface area contributed by atoms with Crippen molar-refractivity contribution < 1.29 is 0 Å². The average Bonchev–Trinajstić information content (AvgIpc) is 3.54. The number of likely N-dealkylation sites (N-methyl/N-ethyl adjacent to an activating group) is 1. The Morgan fingerprint density at radius 1 is 0.923 bits per heavy atom. The zero-order chi connectivity index (χ0) is 27.1. The number of aryl methyl sites for hydroxylation is 4. The lowest BCUT2D eigenvalue weighted by atomic mass is 9.96. The minimum absolute atomic E-state index is 0.557. The Morgan fingerprint density at radius 2 is 1.69 bits per heavy atom. The van der Waals surface area contributed by atoms with E-state index in [2.05, 4.69) is 70.8 Å². The summed E-state index contributed by atoms with van der Waals surface area (Å²) in [5, 5.41) is 4.54. The highest BCUT2D eigenvalue weighted by Crippen LogP contribution is 2.29. The van der Waals surface area contributed by atoms with Gasteiger partial charge in [0.15, 0.2) is 5.82 Å². The summed E-state index contributed by atoms with van der Waals surface area (Å²) >= 11 is 0. The fourth-order valence-electron chi connectivity index (χ4n) is 6.09. The van der Waals surface area contributed by atoms with Crippen molar-refractivity contribution in [3.63, 3.8) is 0 Å². The maximum Gasteiger partial charge on any atom is 0.252 e. The van der Waals surface area contributed by atoms with E-state index in [9.17, 15) is 0 Å². The molecule has 0 amide bonds. The van der Waals surface area contributed by atoms with Crippen LogP contribution in [-0.2, 0) is 13.0 Å². The summed E-state index contributed by atoms with van der Waals surface area (Å²) in [6, 6.07) is 6.72. The van der Waals surface area contributed by atoms with E-state index in [0.717, 1.165) is 92.9 Å². The standard InChI is InChI=1S/C30H39N9/c1-20-14-24(18-37-12-10-36(5)11-13-37)6-7-27(20)29-31-16-26(17-32-29)38-9-8-25(19-38)15-28-21(2)33-30-34-23(4)35-39(30)22(28)3/h6-7,14,16-17,25H,8-13,15,18-19H2,1-5H3/t25-/m0/s1. The zero-order valence-corrected chi connectivity index (χ0v) is 23.9. The summed E-state index contributed by atoms with van der Waals surface area (Å²) < 4.78 is 1.89. The molecule has 9 nitrogen and oxygen atoms in total. The first-order valence-corrected chi connectivity index (χ1v) is 14.1. The molecule has 0 spiro atoms. The van der Waals surface area contributed by atoms with Crippen molar-refractivity contribution in [3.05, 3.63) is 64.5 Å². The molecular formula is C30H39N9. The van der Waals surface area contributed by atoms with Crippen molar-refractivity contribution in [2.24, 2.45) is 5.92 Å². The van der Waals surface area contributed by atoms with E-state index in [1.165, 1.54) is 16.7 Å². The molecule has 1 aromatic carbocycles. The van der Waals surface area contributed by atoms with Gasteiger partial charge < -0.3 is 9.80 Å². The number of rotatable bonds is 6. The number of benzene rings is 1. The molecule has 6 rings (SSSR count). The minimum Gasteiger partial charge on any atom is -0.369 e. The van der Waals surface area contributed by atoms with Crippen molar-refractivity contribution in [2.45, 2.75) is 47.1 Å². The number of piperazine rings is 1. The number of aromatic nitrogens is 6. The van der Waals surface area contributed by atoms with Crippen molar-refractivity contribution in [1.82, 2.24) is 39.3 Å². The second kappa shape index (κ2) is 10.6. The van der Waals surface area contributed by atoms with Gasteiger partial charge in [0.2, 0.25) is 0 Å². The summed E-state index contributed by atoms with van der Waals surface area (Å²) in [5.41, 5.74) is 8.29. The molecule has 4 aromatic rings. The van der Waals surface area contributed by atoms with Gasteiger partial charge in [0, 0.05) is 62.8 Å². The van der Waals surface area contributed by atoms with E-state index < -0.39 is 0 Å². The van der Waals surface area contributed by atoms with Crippen molar-refractivity contribution in [2.75, 3.05) is 51.2 Å². The molecular weight excluding hydrogens is 486 g/mol. The molecule has 0 N–H and O–H groups in total. The van der Waals surface area contributed by atoms with Crippen molar-refractivity contribution in [3.8, 4) is 11.4 Å². The summed E-state index contributed by atoms with van der Waals surface area (Å²) in [6.07, 6.45) is 6.12. The van der Waals surface area contributed by atoms with Crippen LogP contribution in [0.4, 0.5) is 5.69 Å². The molecule has 2 aliphatic rings. The minimum atomic E-state index is 0.557. The monoisotopic (exact) mass is 525 g/mol. The summed E-state index contributed by atoms with van der Waals surface area (Å²) in [5.74, 6) is 2.80. The van der Waals surface area contributed by atoms with Gasteiger partial charge in [-0.2, -0.15) is 10.1 Å². The number of nitrogens with zero attached hydrogens (tertiary/aromatic N) is 9. The Kier molecular flexibility index (Phi) is 7.03. The highest BCUT2D eigenvalue weighted by Gasteiger charge is 2.26. The first-order valence-electron chi connectivity index (χ1n) is 14.1. The first kappa shape index (κ1) is 25.8. The number of hydrogen-bond acceptors (Lipinski definition) is 8. The second-order valence-corrected chi connectivity index (χ2v) is 11.4. The molecule has 2 fully saturated rings. The predicted molar refractivity (Wildman–Crippen MR) is 154 cm³/mol. The molecule has 204 valence electrons. The zero-order valence-electron chi connectivity index (χ0n) is 23.9. The Hall–Kier alpha value is -3.43. The molecule has 9 heteroatoms. The van der Waals surface area contributed by atoms with Crippen LogP contribution in [0.1, 0.15) is 40.3 Å². The molecule has 0 aliphatic carbocycles. The van der Waals surface area contributed by atoms with Crippen LogP contribution in [0.25, 0.3) is 17.2 Å². The van der Waals surface area contributed by atoms with Gasteiger partial charge in [0.05, 0.1) is 18.1 Å². The second-order valence-electron chi connectivity index (χ2n) is 11.4. The summed E-state index contributed by atoms with van der Waals surface area (Å²) in [4.78, 5) is 26.1. The topological polar surface area (TPSA) is 78.6 Å². The third-order valence-electron chi connectivity index (χ3n) is 8.47. The molecule has 0 radical (unpaired) electrons. The molecule has 0 saturated carbocycles. The van der Waals surface area contributed by atoms with Gasteiger partial charge in [0.25, 0.3) is 5.78 Å². The number of anilines is 1. The van der Waals surface area contributed by atoms with Crippen LogP contribution in [0, 0.1) is 33.6 Å². The first-order chi connectivity index (χ1) is 18.8. The molecule has 1 atom stereocenters. The van der Waals surface area contributed by atoms with Crippen LogP contribution in [0.2, 0.25) is 0 Å². The van der Waals surface area contributed by atoms with E-state index in [4.69, 9.17) is 15.0 Å². The largest absolute Gasteiger partial charge is 0.369 e. The quantitative estimate of drug-likeness (QED) is 0.378. The highest BCUT2D eigenvalue weighted by molar-refractivity contribution is 5.61. The normalized spacial score (nSPS) is 18.9. The Morgan fingerprint density at radius 3 is 2.44 bits per heavy atom. The maximum atomic E-state index is 4.78. The van der Waals surface area contributed by atoms with E-state index >= 15 is 0 Å². The lowest BCUT2D eigenvalue weighted by Crippen LogP contribution is -2.43. The molecule has 2 aliphatic heterocycles. The van der Waals surface area contributed by atoms with Gasteiger partial charge in [-0.25, -0.2) is 19.5 Å². The van der Waals surface area contributed by atoms with Crippen LogP contribution in [0.5, 0.6) is 0 Å². The number of fused-ring (bicyclic) bond motifs is 1. The number of hydrogen-bond donors (Lipinski definition) is 0.